The van der Waals surface area contributed by atoms with Gasteiger partial charge in [-0.1, -0.05) is 43.2 Å². The molecule has 20 heavy (non-hydrogen) atoms. The topological polar surface area (TPSA) is 32.3 Å². The average molecular weight is 274 g/mol. The van der Waals surface area contributed by atoms with E-state index >= 15 is 0 Å². The molecule has 0 bridgehead atoms. The highest BCUT2D eigenvalue weighted by atomic mass is 16.2. The van der Waals surface area contributed by atoms with E-state index in [0.717, 1.165) is 19.5 Å². The van der Waals surface area contributed by atoms with Crippen LogP contribution in [0.2, 0.25) is 0 Å². The molecule has 0 radical (unpaired) electrons. The van der Waals surface area contributed by atoms with Crippen molar-refractivity contribution in [2.45, 2.75) is 44.6 Å². The molecule has 1 N–H and O–H groups in total. The summed E-state index contributed by atoms with van der Waals surface area (Å²) in [6.07, 6.45) is 6.47. The maximum absolute atomic E-state index is 12.4. The quantitative estimate of drug-likeness (QED) is 0.829. The summed E-state index contributed by atoms with van der Waals surface area (Å²) in [6, 6.07) is 10.9. The van der Waals surface area contributed by atoms with E-state index in [0.29, 0.717) is 18.4 Å². The number of nitrogens with one attached hydrogen (secondary N) is 1. The van der Waals surface area contributed by atoms with Crippen LogP contribution in [0, 0.1) is 0 Å². The molecule has 2 rings (SSSR count). The molecule has 3 heteroatoms. The van der Waals surface area contributed by atoms with Gasteiger partial charge in [-0.3, -0.25) is 4.79 Å². The molecule has 1 aromatic rings. The van der Waals surface area contributed by atoms with Gasteiger partial charge >= 0.3 is 0 Å². The van der Waals surface area contributed by atoms with Crippen LogP contribution in [0.15, 0.2) is 30.3 Å². The average Bonchev–Trinajstić information content (AvgIpc) is 3.00. The van der Waals surface area contributed by atoms with Crippen LogP contribution in [0.5, 0.6) is 0 Å². The van der Waals surface area contributed by atoms with Crippen molar-refractivity contribution in [3.8, 4) is 0 Å². The third-order valence-corrected chi connectivity index (χ3v) is 4.16. The minimum atomic E-state index is 0.308. The van der Waals surface area contributed by atoms with Gasteiger partial charge in [0, 0.05) is 25.6 Å². The first-order valence-electron chi connectivity index (χ1n) is 7.79. The number of amides is 1. The van der Waals surface area contributed by atoms with Crippen LogP contribution >= 0.6 is 0 Å². The van der Waals surface area contributed by atoms with Crippen LogP contribution in [-0.4, -0.2) is 37.0 Å². The van der Waals surface area contributed by atoms with Crippen molar-refractivity contribution >= 4 is 5.91 Å². The van der Waals surface area contributed by atoms with Gasteiger partial charge in [0.1, 0.15) is 0 Å². The van der Waals surface area contributed by atoms with Gasteiger partial charge in [0.25, 0.3) is 0 Å². The first kappa shape index (κ1) is 15.0. The Morgan fingerprint density at radius 3 is 2.60 bits per heavy atom. The lowest BCUT2D eigenvalue weighted by Gasteiger charge is -2.29. The standard InChI is InChI=1S/C17H26N2O/c1-18-13-11-17(20)19(16-9-5-6-10-16)14-12-15-7-3-2-4-8-15/h2-4,7-8,16,18H,5-6,9-14H2,1H3. The Kier molecular flexibility index (Phi) is 6.06. The minimum Gasteiger partial charge on any atom is -0.339 e. The smallest absolute Gasteiger partial charge is 0.224 e. The highest BCUT2D eigenvalue weighted by Crippen LogP contribution is 2.24. The lowest BCUT2D eigenvalue weighted by Crippen LogP contribution is -2.41. The molecule has 0 aromatic heterocycles. The third kappa shape index (κ3) is 4.34. The molecule has 1 aliphatic carbocycles. The normalized spacial score (nSPS) is 15.4. The van der Waals surface area contributed by atoms with Gasteiger partial charge in [-0.25, -0.2) is 0 Å². The van der Waals surface area contributed by atoms with Gasteiger partial charge in [-0.2, -0.15) is 0 Å². The summed E-state index contributed by atoms with van der Waals surface area (Å²) in [4.78, 5) is 14.5. The first-order valence-corrected chi connectivity index (χ1v) is 7.79. The Morgan fingerprint density at radius 2 is 1.95 bits per heavy atom. The molecule has 0 unspecified atom stereocenters. The Balaban J connectivity index is 1.93. The lowest BCUT2D eigenvalue weighted by molar-refractivity contribution is -0.133. The predicted octanol–water partition coefficient (Wildman–Crippen LogP) is 2.61. The Bertz CT molecular complexity index is 399. The van der Waals surface area contributed by atoms with Gasteiger partial charge in [0.15, 0.2) is 0 Å². The summed E-state index contributed by atoms with van der Waals surface area (Å²) in [5, 5.41) is 3.07. The van der Waals surface area contributed by atoms with E-state index in [1.807, 2.05) is 13.1 Å². The molecule has 1 amide bonds. The second kappa shape index (κ2) is 8.05. The molecule has 1 fully saturated rings. The summed E-state index contributed by atoms with van der Waals surface area (Å²) < 4.78 is 0. The maximum atomic E-state index is 12.4. The van der Waals surface area contributed by atoms with Crippen LogP contribution in [0.4, 0.5) is 0 Å². The largest absolute Gasteiger partial charge is 0.339 e. The van der Waals surface area contributed by atoms with Crippen LogP contribution < -0.4 is 5.32 Å². The van der Waals surface area contributed by atoms with E-state index in [9.17, 15) is 4.79 Å². The second-order valence-corrected chi connectivity index (χ2v) is 5.61. The van der Waals surface area contributed by atoms with Crippen LogP contribution in [0.1, 0.15) is 37.7 Å². The van der Waals surface area contributed by atoms with Crippen molar-refractivity contribution in [1.29, 1.82) is 0 Å². The number of carbonyl (C=O) groups excluding carboxylic acids is 1. The molecule has 0 heterocycles. The van der Waals surface area contributed by atoms with Crippen molar-refractivity contribution in [1.82, 2.24) is 10.2 Å². The van der Waals surface area contributed by atoms with Crippen molar-refractivity contribution in [2.24, 2.45) is 0 Å². The summed E-state index contributed by atoms with van der Waals surface area (Å²) in [5.41, 5.74) is 1.32. The number of hydrogen-bond acceptors (Lipinski definition) is 2. The SMILES string of the molecule is CNCCC(=O)N(CCc1ccccc1)C1CCCC1. The zero-order valence-electron chi connectivity index (χ0n) is 12.5. The first-order chi connectivity index (χ1) is 9.81. The van der Waals surface area contributed by atoms with E-state index in [-0.39, 0.29) is 0 Å². The van der Waals surface area contributed by atoms with Crippen molar-refractivity contribution in [3.63, 3.8) is 0 Å². The molecule has 0 saturated heterocycles. The van der Waals surface area contributed by atoms with E-state index in [1.165, 1.54) is 31.2 Å². The summed E-state index contributed by atoms with van der Waals surface area (Å²) in [7, 11) is 1.90. The monoisotopic (exact) mass is 274 g/mol. The van der Waals surface area contributed by atoms with E-state index in [4.69, 9.17) is 0 Å². The van der Waals surface area contributed by atoms with Gasteiger partial charge in [0.2, 0.25) is 5.91 Å². The minimum absolute atomic E-state index is 0.308. The van der Waals surface area contributed by atoms with Crippen molar-refractivity contribution < 1.29 is 4.79 Å². The zero-order chi connectivity index (χ0) is 14.2. The van der Waals surface area contributed by atoms with Crippen molar-refractivity contribution in [2.75, 3.05) is 20.1 Å². The Morgan fingerprint density at radius 1 is 1.25 bits per heavy atom. The summed E-state index contributed by atoms with van der Waals surface area (Å²) >= 11 is 0. The predicted molar refractivity (Wildman–Crippen MR) is 82.7 cm³/mol. The fraction of sp³-hybridized carbons (Fsp3) is 0.588. The number of carbonyl (C=O) groups is 1. The number of rotatable bonds is 7. The molecule has 0 aliphatic heterocycles. The highest BCUT2D eigenvalue weighted by Gasteiger charge is 2.25. The van der Waals surface area contributed by atoms with Crippen LogP contribution in [0.25, 0.3) is 0 Å². The fourth-order valence-electron chi connectivity index (χ4n) is 3.00. The molecule has 110 valence electrons. The number of benzene rings is 1. The number of hydrogen-bond donors (Lipinski definition) is 1. The molecule has 1 aromatic carbocycles. The van der Waals surface area contributed by atoms with Gasteiger partial charge in [0.05, 0.1) is 0 Å². The Hall–Kier alpha value is -1.35. The van der Waals surface area contributed by atoms with Crippen molar-refractivity contribution in [3.05, 3.63) is 35.9 Å². The van der Waals surface area contributed by atoms with Crippen LogP contribution in [-0.2, 0) is 11.2 Å². The van der Waals surface area contributed by atoms with E-state index in [2.05, 4.69) is 34.5 Å². The number of nitrogens with zero attached hydrogens (tertiary/aromatic N) is 1. The maximum Gasteiger partial charge on any atom is 0.224 e. The summed E-state index contributed by atoms with van der Waals surface area (Å²) in [6.45, 7) is 1.63. The molecule has 3 nitrogen and oxygen atoms in total. The van der Waals surface area contributed by atoms with Gasteiger partial charge in [-0.05, 0) is 31.9 Å². The molecule has 0 spiro atoms. The molecular formula is C17H26N2O. The lowest BCUT2D eigenvalue weighted by atomic mass is 10.1. The summed E-state index contributed by atoms with van der Waals surface area (Å²) in [5.74, 6) is 0.308. The molecule has 1 aliphatic rings. The van der Waals surface area contributed by atoms with E-state index in [1.54, 1.807) is 0 Å². The Labute approximate surface area is 122 Å². The zero-order valence-corrected chi connectivity index (χ0v) is 12.5. The van der Waals surface area contributed by atoms with E-state index < -0.39 is 0 Å². The third-order valence-electron chi connectivity index (χ3n) is 4.16. The second-order valence-electron chi connectivity index (χ2n) is 5.61. The fourth-order valence-corrected chi connectivity index (χ4v) is 3.00. The van der Waals surface area contributed by atoms with Gasteiger partial charge in [-0.15, -0.1) is 0 Å². The van der Waals surface area contributed by atoms with Gasteiger partial charge < -0.3 is 10.2 Å². The highest BCUT2D eigenvalue weighted by molar-refractivity contribution is 5.76. The molecule has 0 atom stereocenters. The van der Waals surface area contributed by atoms with Crippen LogP contribution in [0.3, 0.4) is 0 Å². The molecule has 1 saturated carbocycles. The molecular weight excluding hydrogens is 248 g/mol.